The molecule has 0 aliphatic carbocycles. The van der Waals surface area contributed by atoms with E-state index in [1.165, 1.54) is 23.9 Å². The van der Waals surface area contributed by atoms with Gasteiger partial charge in [-0.2, -0.15) is 13.2 Å². The number of halogens is 3. The molecule has 0 atom stereocenters. The van der Waals surface area contributed by atoms with Gasteiger partial charge >= 0.3 is 6.18 Å². The maximum Gasteiger partial charge on any atom is 0.418 e. The van der Waals surface area contributed by atoms with Gasteiger partial charge in [-0.3, -0.25) is 0 Å². The minimum atomic E-state index is -4.36. The Hall–Kier alpha value is -1.17. The molecule has 0 spiro atoms. The zero-order valence-corrected chi connectivity index (χ0v) is 9.98. The van der Waals surface area contributed by atoms with E-state index >= 15 is 0 Å². The molecule has 1 fully saturated rings. The summed E-state index contributed by atoms with van der Waals surface area (Å²) in [5.41, 5.74) is -0.704. The van der Waals surface area contributed by atoms with Gasteiger partial charge in [-0.15, -0.1) is 0 Å². The third-order valence-corrected chi connectivity index (χ3v) is 3.46. The molecule has 0 bridgehead atoms. The first-order chi connectivity index (χ1) is 7.98. The molecule has 92 valence electrons. The number of alkyl halides is 3. The average Bonchev–Trinajstić information content (AvgIpc) is 2.64. The largest absolute Gasteiger partial charge is 0.418 e. The van der Waals surface area contributed by atoms with E-state index in [2.05, 4.69) is 4.99 Å². The summed E-state index contributed by atoms with van der Waals surface area (Å²) in [7, 11) is 1.83. The van der Waals surface area contributed by atoms with Crippen LogP contribution in [0.15, 0.2) is 29.3 Å². The Morgan fingerprint density at radius 2 is 2.00 bits per heavy atom. The van der Waals surface area contributed by atoms with Crippen LogP contribution in [0, 0.1) is 0 Å². The van der Waals surface area contributed by atoms with Crippen molar-refractivity contribution in [2.45, 2.75) is 6.18 Å². The van der Waals surface area contributed by atoms with Crippen molar-refractivity contribution in [3.05, 3.63) is 29.8 Å². The van der Waals surface area contributed by atoms with Crippen LogP contribution in [0.3, 0.4) is 0 Å². The minimum absolute atomic E-state index is 0.0174. The summed E-state index contributed by atoms with van der Waals surface area (Å²) < 4.78 is 38.2. The summed E-state index contributed by atoms with van der Waals surface area (Å²) in [5.74, 6) is 0.865. The number of nitrogens with zero attached hydrogens (tertiary/aromatic N) is 2. The Kier molecular flexibility index (Phi) is 3.33. The first-order valence-electron chi connectivity index (χ1n) is 5.07. The van der Waals surface area contributed by atoms with E-state index in [-0.39, 0.29) is 5.69 Å². The molecule has 2 nitrogen and oxygen atoms in total. The van der Waals surface area contributed by atoms with Gasteiger partial charge in [-0.25, -0.2) is 4.99 Å². The van der Waals surface area contributed by atoms with Crippen LogP contribution in [0.25, 0.3) is 0 Å². The van der Waals surface area contributed by atoms with Crippen molar-refractivity contribution in [2.24, 2.45) is 4.99 Å². The fourth-order valence-electron chi connectivity index (χ4n) is 1.51. The van der Waals surface area contributed by atoms with Gasteiger partial charge in [0, 0.05) is 19.3 Å². The van der Waals surface area contributed by atoms with E-state index in [1.54, 1.807) is 6.07 Å². The number of aliphatic imine (C=N–C) groups is 1. The van der Waals surface area contributed by atoms with Crippen LogP contribution in [0.4, 0.5) is 18.9 Å². The van der Waals surface area contributed by atoms with Crippen LogP contribution in [-0.2, 0) is 6.18 Å². The number of benzene rings is 1. The number of hydrogen-bond donors (Lipinski definition) is 0. The van der Waals surface area contributed by atoms with Crippen LogP contribution >= 0.6 is 11.8 Å². The molecule has 1 heterocycles. The second kappa shape index (κ2) is 4.60. The highest BCUT2D eigenvalue weighted by Gasteiger charge is 2.33. The first kappa shape index (κ1) is 12.3. The van der Waals surface area contributed by atoms with Crippen molar-refractivity contribution in [2.75, 3.05) is 19.3 Å². The molecule has 1 aliphatic heterocycles. The summed E-state index contributed by atoms with van der Waals surface area (Å²) in [5, 5.41) is 0.640. The smallest absolute Gasteiger partial charge is 0.353 e. The summed E-state index contributed by atoms with van der Waals surface area (Å²) >= 11 is 1.47. The van der Waals surface area contributed by atoms with E-state index in [0.29, 0.717) is 5.17 Å². The van der Waals surface area contributed by atoms with Crippen LogP contribution in [0.1, 0.15) is 5.56 Å². The van der Waals surface area contributed by atoms with Crippen LogP contribution in [0.5, 0.6) is 0 Å². The van der Waals surface area contributed by atoms with Crippen molar-refractivity contribution in [3.63, 3.8) is 0 Å². The van der Waals surface area contributed by atoms with Gasteiger partial charge in [0.05, 0.1) is 11.3 Å². The highest BCUT2D eigenvalue weighted by Crippen LogP contribution is 2.36. The van der Waals surface area contributed by atoms with Gasteiger partial charge in [0.1, 0.15) is 0 Å². The van der Waals surface area contributed by atoms with Gasteiger partial charge in [0.15, 0.2) is 5.17 Å². The SMILES string of the molecule is CN1CCSC1=Nc1ccccc1C(F)(F)F. The Bertz CT molecular complexity index is 443. The number of hydrogen-bond acceptors (Lipinski definition) is 2. The van der Waals surface area contributed by atoms with E-state index in [9.17, 15) is 13.2 Å². The maximum atomic E-state index is 12.7. The lowest BCUT2D eigenvalue weighted by molar-refractivity contribution is -0.137. The number of amidine groups is 1. The number of rotatable bonds is 1. The zero-order chi connectivity index (χ0) is 12.5. The van der Waals surface area contributed by atoms with E-state index in [1.807, 2.05) is 11.9 Å². The normalized spacial score (nSPS) is 19.1. The fraction of sp³-hybridized carbons (Fsp3) is 0.364. The monoisotopic (exact) mass is 260 g/mol. The van der Waals surface area contributed by atoms with Crippen molar-refractivity contribution in [3.8, 4) is 0 Å². The van der Waals surface area contributed by atoms with Gasteiger partial charge in [-0.1, -0.05) is 23.9 Å². The van der Waals surface area contributed by atoms with Gasteiger partial charge in [0.25, 0.3) is 0 Å². The first-order valence-corrected chi connectivity index (χ1v) is 6.06. The molecule has 0 radical (unpaired) electrons. The Labute approximate surface area is 102 Å². The molecule has 0 N–H and O–H groups in total. The molecule has 0 aromatic heterocycles. The van der Waals surface area contributed by atoms with Crippen LogP contribution in [-0.4, -0.2) is 29.4 Å². The lowest BCUT2D eigenvalue weighted by Gasteiger charge is -2.12. The molecule has 17 heavy (non-hydrogen) atoms. The summed E-state index contributed by atoms with van der Waals surface area (Å²) in [4.78, 5) is 5.95. The summed E-state index contributed by atoms with van der Waals surface area (Å²) in [6, 6.07) is 5.38. The second-order valence-electron chi connectivity index (χ2n) is 3.68. The predicted octanol–water partition coefficient (Wildman–Crippen LogP) is 3.37. The van der Waals surface area contributed by atoms with E-state index < -0.39 is 11.7 Å². The molecule has 1 aromatic carbocycles. The van der Waals surface area contributed by atoms with Gasteiger partial charge < -0.3 is 4.90 Å². The van der Waals surface area contributed by atoms with Gasteiger partial charge in [0.2, 0.25) is 0 Å². The van der Waals surface area contributed by atoms with Crippen molar-refractivity contribution in [1.29, 1.82) is 0 Å². The zero-order valence-electron chi connectivity index (χ0n) is 9.16. The van der Waals surface area contributed by atoms with Crippen LogP contribution < -0.4 is 0 Å². The lowest BCUT2D eigenvalue weighted by atomic mass is 10.2. The standard InChI is InChI=1S/C11H11F3N2S/c1-16-6-7-17-10(16)15-9-5-3-2-4-8(9)11(12,13)14/h2-5H,6-7H2,1H3. The topological polar surface area (TPSA) is 15.6 Å². The van der Waals surface area contributed by atoms with Crippen molar-refractivity contribution >= 4 is 22.6 Å². The third-order valence-electron chi connectivity index (χ3n) is 2.41. The second-order valence-corrected chi connectivity index (χ2v) is 4.74. The lowest BCUT2D eigenvalue weighted by Crippen LogP contribution is -2.18. The van der Waals surface area contributed by atoms with E-state index in [0.717, 1.165) is 18.4 Å². The minimum Gasteiger partial charge on any atom is -0.353 e. The van der Waals surface area contributed by atoms with Crippen molar-refractivity contribution in [1.82, 2.24) is 4.90 Å². The molecule has 1 saturated heterocycles. The molecule has 2 rings (SSSR count). The predicted molar refractivity (Wildman–Crippen MR) is 63.6 cm³/mol. The fourth-order valence-corrected chi connectivity index (χ4v) is 2.53. The van der Waals surface area contributed by atoms with Crippen molar-refractivity contribution < 1.29 is 13.2 Å². The van der Waals surface area contributed by atoms with Gasteiger partial charge in [-0.05, 0) is 12.1 Å². The Morgan fingerprint density at radius 3 is 2.59 bits per heavy atom. The molecule has 1 aromatic rings. The number of para-hydroxylation sites is 1. The van der Waals surface area contributed by atoms with Crippen LogP contribution in [0.2, 0.25) is 0 Å². The average molecular weight is 260 g/mol. The molecule has 6 heteroatoms. The summed E-state index contributed by atoms with van der Waals surface area (Å²) in [6.45, 7) is 0.817. The van der Waals surface area contributed by atoms with E-state index in [4.69, 9.17) is 0 Å². The summed E-state index contributed by atoms with van der Waals surface area (Å²) in [6.07, 6.45) is -4.36. The third kappa shape index (κ3) is 2.74. The highest BCUT2D eigenvalue weighted by molar-refractivity contribution is 8.14. The Morgan fingerprint density at radius 1 is 1.29 bits per heavy atom. The molecular weight excluding hydrogens is 249 g/mol. The Balaban J connectivity index is 2.39. The molecule has 0 unspecified atom stereocenters. The molecule has 1 aliphatic rings. The number of thioether (sulfide) groups is 1. The maximum absolute atomic E-state index is 12.7. The molecular formula is C11H11F3N2S. The molecule has 0 amide bonds. The molecule has 0 saturated carbocycles. The quantitative estimate of drug-likeness (QED) is 0.769. The highest BCUT2D eigenvalue weighted by atomic mass is 32.2.